The standard InChI is InChI=1S/C18H36Si/c1-13-7-9-17(11-15(13)3)19(5,6)18-10-8-14(2)16(4)12-18/h13-18H,7-12H2,1-6H3. The molecule has 6 atom stereocenters. The Bertz CT molecular complexity index is 268. The Morgan fingerprint density at radius 2 is 0.947 bits per heavy atom. The van der Waals surface area contributed by atoms with Crippen LogP contribution in [0.4, 0.5) is 0 Å². The second kappa shape index (κ2) is 5.91. The molecule has 0 radical (unpaired) electrons. The third-order valence-corrected chi connectivity index (χ3v) is 12.6. The Morgan fingerprint density at radius 3 is 1.26 bits per heavy atom. The zero-order valence-corrected chi connectivity index (χ0v) is 15.2. The van der Waals surface area contributed by atoms with Crippen molar-refractivity contribution in [1.29, 1.82) is 0 Å². The van der Waals surface area contributed by atoms with Gasteiger partial charge in [-0.15, -0.1) is 0 Å². The molecule has 0 nitrogen and oxygen atoms in total. The molecule has 0 saturated heterocycles. The molecule has 0 heterocycles. The van der Waals surface area contributed by atoms with Crippen LogP contribution in [-0.4, -0.2) is 8.07 Å². The van der Waals surface area contributed by atoms with Crippen molar-refractivity contribution in [2.75, 3.05) is 0 Å². The van der Waals surface area contributed by atoms with Crippen LogP contribution >= 0.6 is 0 Å². The van der Waals surface area contributed by atoms with E-state index in [0.717, 1.165) is 34.8 Å². The molecular formula is C18H36Si. The summed E-state index contributed by atoms with van der Waals surface area (Å²) in [6.07, 6.45) is 9.18. The lowest BCUT2D eigenvalue weighted by molar-refractivity contribution is 0.255. The smallest absolute Gasteiger partial charge is 0.0536 e. The molecule has 2 fully saturated rings. The summed E-state index contributed by atoms with van der Waals surface area (Å²) >= 11 is 0. The summed E-state index contributed by atoms with van der Waals surface area (Å²) in [6, 6.07) is 0. The summed E-state index contributed by atoms with van der Waals surface area (Å²) < 4.78 is 0. The van der Waals surface area contributed by atoms with Gasteiger partial charge in [-0.2, -0.15) is 0 Å². The van der Waals surface area contributed by atoms with Crippen LogP contribution in [0.1, 0.15) is 66.2 Å². The number of rotatable bonds is 2. The second-order valence-electron chi connectivity index (χ2n) is 8.75. The van der Waals surface area contributed by atoms with Crippen LogP contribution in [0.25, 0.3) is 0 Å². The molecule has 2 rings (SSSR count). The summed E-state index contributed by atoms with van der Waals surface area (Å²) in [5.74, 6) is 3.91. The molecule has 2 aliphatic carbocycles. The van der Waals surface area contributed by atoms with Crippen LogP contribution in [0.15, 0.2) is 0 Å². The second-order valence-corrected chi connectivity index (χ2v) is 14.0. The van der Waals surface area contributed by atoms with Gasteiger partial charge < -0.3 is 0 Å². The zero-order valence-electron chi connectivity index (χ0n) is 14.2. The van der Waals surface area contributed by atoms with Gasteiger partial charge in [-0.3, -0.25) is 0 Å². The fourth-order valence-corrected chi connectivity index (χ4v) is 9.23. The topological polar surface area (TPSA) is 0 Å². The summed E-state index contributed by atoms with van der Waals surface area (Å²) in [7, 11) is -1.04. The Balaban J connectivity index is 2.01. The monoisotopic (exact) mass is 280 g/mol. The Labute approximate surface area is 122 Å². The van der Waals surface area contributed by atoms with E-state index < -0.39 is 8.07 Å². The molecule has 0 aromatic carbocycles. The SMILES string of the molecule is CC1CCC([Si](C)(C)C2CCC(C)C(C)C2)CC1C. The third kappa shape index (κ3) is 3.28. The minimum absolute atomic E-state index is 0.977. The average Bonchev–Trinajstić information content (AvgIpc) is 2.35. The van der Waals surface area contributed by atoms with Gasteiger partial charge in [-0.25, -0.2) is 0 Å². The van der Waals surface area contributed by atoms with Crippen LogP contribution < -0.4 is 0 Å². The molecule has 0 aromatic rings. The molecule has 0 amide bonds. The Hall–Kier alpha value is 0.217. The van der Waals surface area contributed by atoms with Crippen LogP contribution in [0, 0.1) is 23.7 Å². The van der Waals surface area contributed by atoms with Gasteiger partial charge in [-0.05, 0) is 47.6 Å². The highest BCUT2D eigenvalue weighted by Crippen LogP contribution is 2.51. The molecule has 0 aliphatic heterocycles. The van der Waals surface area contributed by atoms with E-state index in [2.05, 4.69) is 40.8 Å². The van der Waals surface area contributed by atoms with E-state index in [9.17, 15) is 0 Å². The lowest BCUT2D eigenvalue weighted by Crippen LogP contribution is -2.43. The normalized spacial score (nSPS) is 45.2. The van der Waals surface area contributed by atoms with Crippen molar-refractivity contribution in [3.05, 3.63) is 0 Å². The van der Waals surface area contributed by atoms with Gasteiger partial charge in [0.05, 0.1) is 8.07 Å². The average molecular weight is 281 g/mol. The van der Waals surface area contributed by atoms with Crippen molar-refractivity contribution in [3.63, 3.8) is 0 Å². The highest BCUT2D eigenvalue weighted by molar-refractivity contribution is 6.80. The van der Waals surface area contributed by atoms with E-state index in [0.29, 0.717) is 0 Å². The van der Waals surface area contributed by atoms with Gasteiger partial charge in [0.25, 0.3) is 0 Å². The Kier molecular flexibility index (Phi) is 4.86. The van der Waals surface area contributed by atoms with Crippen molar-refractivity contribution in [2.45, 2.75) is 90.4 Å². The van der Waals surface area contributed by atoms with E-state index in [4.69, 9.17) is 0 Å². The maximum Gasteiger partial charge on any atom is 0.0536 e. The first kappa shape index (κ1) is 15.6. The van der Waals surface area contributed by atoms with E-state index in [1.165, 1.54) is 12.8 Å². The van der Waals surface area contributed by atoms with Crippen LogP contribution in [0.3, 0.4) is 0 Å². The first-order valence-electron chi connectivity index (χ1n) is 8.82. The molecule has 2 aliphatic rings. The lowest BCUT2D eigenvalue weighted by Gasteiger charge is -2.47. The maximum atomic E-state index is 2.73. The van der Waals surface area contributed by atoms with Crippen molar-refractivity contribution in [2.24, 2.45) is 23.7 Å². The zero-order chi connectivity index (χ0) is 14.2. The quantitative estimate of drug-likeness (QED) is 0.517. The molecule has 0 bridgehead atoms. The first-order chi connectivity index (χ1) is 8.82. The van der Waals surface area contributed by atoms with Crippen molar-refractivity contribution in [1.82, 2.24) is 0 Å². The first-order valence-corrected chi connectivity index (χ1v) is 12.0. The van der Waals surface area contributed by atoms with Gasteiger partial charge >= 0.3 is 0 Å². The van der Waals surface area contributed by atoms with E-state index >= 15 is 0 Å². The summed E-state index contributed by atoms with van der Waals surface area (Å²) in [5.41, 5.74) is 2.23. The van der Waals surface area contributed by atoms with Crippen molar-refractivity contribution in [3.8, 4) is 0 Å². The van der Waals surface area contributed by atoms with E-state index in [1.54, 1.807) is 25.7 Å². The van der Waals surface area contributed by atoms with E-state index in [1.807, 2.05) is 0 Å². The van der Waals surface area contributed by atoms with Gasteiger partial charge in [0.1, 0.15) is 0 Å². The fraction of sp³-hybridized carbons (Fsp3) is 1.00. The van der Waals surface area contributed by atoms with Gasteiger partial charge in [0.2, 0.25) is 0 Å². The molecule has 2 saturated carbocycles. The molecule has 0 aromatic heterocycles. The van der Waals surface area contributed by atoms with E-state index in [-0.39, 0.29) is 0 Å². The molecule has 0 spiro atoms. The predicted octanol–water partition coefficient (Wildman–Crippen LogP) is 6.35. The molecule has 19 heavy (non-hydrogen) atoms. The molecule has 6 unspecified atom stereocenters. The van der Waals surface area contributed by atoms with Crippen LogP contribution in [0.5, 0.6) is 0 Å². The lowest BCUT2D eigenvalue weighted by atomic mass is 9.81. The highest BCUT2D eigenvalue weighted by atomic mass is 28.3. The largest absolute Gasteiger partial charge is 0.0689 e. The summed E-state index contributed by atoms with van der Waals surface area (Å²) in [6.45, 7) is 15.4. The fourth-order valence-electron chi connectivity index (χ4n) is 4.78. The summed E-state index contributed by atoms with van der Waals surface area (Å²) in [4.78, 5) is 0. The number of hydrogen-bond acceptors (Lipinski definition) is 0. The molecule has 1 heteroatoms. The van der Waals surface area contributed by atoms with Gasteiger partial charge in [-0.1, -0.05) is 66.5 Å². The predicted molar refractivity (Wildman–Crippen MR) is 89.3 cm³/mol. The summed E-state index contributed by atoms with van der Waals surface area (Å²) in [5, 5.41) is 0. The third-order valence-electron chi connectivity index (χ3n) is 7.30. The maximum absolute atomic E-state index is 2.73. The minimum Gasteiger partial charge on any atom is -0.0689 e. The van der Waals surface area contributed by atoms with Gasteiger partial charge in [0.15, 0.2) is 0 Å². The molecule has 0 N–H and O–H groups in total. The highest BCUT2D eigenvalue weighted by Gasteiger charge is 2.43. The molecular weight excluding hydrogens is 244 g/mol. The van der Waals surface area contributed by atoms with Crippen LogP contribution in [0.2, 0.25) is 24.2 Å². The molecule has 112 valence electrons. The van der Waals surface area contributed by atoms with Crippen LogP contribution in [-0.2, 0) is 0 Å². The van der Waals surface area contributed by atoms with Gasteiger partial charge in [0, 0.05) is 0 Å². The minimum atomic E-state index is -1.04. The Morgan fingerprint density at radius 1 is 0.579 bits per heavy atom. The van der Waals surface area contributed by atoms with Crippen molar-refractivity contribution < 1.29 is 0 Å². The number of hydrogen-bond donors (Lipinski definition) is 0. The van der Waals surface area contributed by atoms with Crippen molar-refractivity contribution >= 4 is 8.07 Å².